The van der Waals surface area contributed by atoms with E-state index in [1.54, 1.807) is 0 Å². The second-order valence-electron chi connectivity index (χ2n) is 6.03. The summed E-state index contributed by atoms with van der Waals surface area (Å²) in [5.74, 6) is -1.24. The van der Waals surface area contributed by atoms with Gasteiger partial charge in [0.15, 0.2) is 0 Å². The van der Waals surface area contributed by atoms with Crippen LogP contribution in [0.4, 0.5) is 0 Å². The van der Waals surface area contributed by atoms with Crippen molar-refractivity contribution in [3.8, 4) is 0 Å². The number of hydrogen-bond acceptors (Lipinski definition) is 7. The van der Waals surface area contributed by atoms with Crippen LogP contribution < -0.4 is 11.5 Å². The first-order valence-corrected chi connectivity index (χ1v) is 12.4. The van der Waals surface area contributed by atoms with Crippen molar-refractivity contribution in [2.45, 2.75) is 78.0 Å². The third-order valence-electron chi connectivity index (χ3n) is 4.17. The highest BCUT2D eigenvalue weighted by Crippen LogP contribution is 2.32. The van der Waals surface area contributed by atoms with Crippen LogP contribution >= 0.6 is 0 Å². The van der Waals surface area contributed by atoms with Crippen molar-refractivity contribution in [1.29, 1.82) is 0 Å². The van der Waals surface area contributed by atoms with Crippen LogP contribution in [0.3, 0.4) is 0 Å². The lowest BCUT2D eigenvalue weighted by Gasteiger charge is -2.43. The molecular formula is C18H42N2O5Si. The summed E-state index contributed by atoms with van der Waals surface area (Å²) in [6, 6.07) is 1.67. The third kappa shape index (κ3) is 8.31. The van der Waals surface area contributed by atoms with Crippen LogP contribution in [-0.4, -0.2) is 60.2 Å². The number of nitrogens with two attached hydrogens (primary N) is 2. The van der Waals surface area contributed by atoms with E-state index >= 15 is 0 Å². The van der Waals surface area contributed by atoms with Crippen LogP contribution in [0.25, 0.3) is 0 Å². The van der Waals surface area contributed by atoms with Crippen molar-refractivity contribution in [2.24, 2.45) is 11.5 Å². The maximum Gasteiger partial charge on any atom is 0.338 e. The molecular weight excluding hydrogens is 352 g/mol. The van der Waals surface area contributed by atoms with E-state index in [1.807, 2.05) is 27.7 Å². The summed E-state index contributed by atoms with van der Waals surface area (Å²) >= 11 is 0. The number of rotatable bonds is 18. The molecule has 0 fully saturated rings. The summed E-state index contributed by atoms with van der Waals surface area (Å²) in [6.07, 6.45) is 1.94. The van der Waals surface area contributed by atoms with Crippen molar-refractivity contribution in [2.75, 3.05) is 39.5 Å². The average molecular weight is 395 g/mol. The van der Waals surface area contributed by atoms with E-state index in [-0.39, 0.29) is 0 Å². The van der Waals surface area contributed by atoms with Gasteiger partial charge in [-0.3, -0.25) is 0 Å². The van der Waals surface area contributed by atoms with E-state index in [0.717, 1.165) is 24.9 Å². The predicted octanol–water partition coefficient (Wildman–Crippen LogP) is 2.72. The fourth-order valence-electron chi connectivity index (χ4n) is 3.04. The van der Waals surface area contributed by atoms with Crippen molar-refractivity contribution in [1.82, 2.24) is 0 Å². The van der Waals surface area contributed by atoms with Gasteiger partial charge in [-0.1, -0.05) is 6.92 Å². The third-order valence-corrected chi connectivity index (χ3v) is 7.89. The molecule has 26 heavy (non-hydrogen) atoms. The van der Waals surface area contributed by atoms with Crippen molar-refractivity contribution in [3.63, 3.8) is 0 Å². The summed E-state index contributed by atoms with van der Waals surface area (Å²) in [5, 5.41) is 0. The zero-order chi connectivity index (χ0) is 19.9. The van der Waals surface area contributed by atoms with E-state index in [0.29, 0.717) is 45.9 Å². The lowest BCUT2D eigenvalue weighted by Crippen LogP contribution is -2.57. The molecule has 0 rings (SSSR count). The topological polar surface area (TPSA) is 98.2 Å². The van der Waals surface area contributed by atoms with Crippen molar-refractivity contribution in [3.05, 3.63) is 0 Å². The molecule has 0 aromatic rings. The molecule has 158 valence electrons. The standard InChI is InChI=1S/C18H42N2O5Si/c1-6-21-18(22-7-2,23-8-3)17(13-11-14-19)25-26(10-5,24-9-4)16-12-15-20/h17H,6-16,19-20H2,1-5H3. The Labute approximate surface area is 161 Å². The molecule has 8 heteroatoms. The van der Waals surface area contributed by atoms with Gasteiger partial charge in [-0.05, 0) is 72.1 Å². The zero-order valence-electron chi connectivity index (χ0n) is 17.6. The first kappa shape index (κ1) is 25.9. The molecule has 0 aliphatic carbocycles. The normalized spacial score (nSPS) is 15.8. The van der Waals surface area contributed by atoms with E-state index in [9.17, 15) is 0 Å². The van der Waals surface area contributed by atoms with Crippen molar-refractivity contribution >= 4 is 8.56 Å². The Bertz CT molecular complexity index is 322. The molecule has 0 spiro atoms. The highest BCUT2D eigenvalue weighted by atomic mass is 28.4. The molecule has 0 aliphatic rings. The molecule has 0 aliphatic heterocycles. The molecule has 0 radical (unpaired) electrons. The fourth-order valence-corrected chi connectivity index (χ4v) is 6.14. The Morgan fingerprint density at radius 1 is 0.808 bits per heavy atom. The Balaban J connectivity index is 5.73. The van der Waals surface area contributed by atoms with E-state index in [1.165, 1.54) is 0 Å². The van der Waals surface area contributed by atoms with Gasteiger partial charge < -0.3 is 34.5 Å². The lowest BCUT2D eigenvalue weighted by atomic mass is 10.1. The molecule has 0 aromatic carbocycles. The minimum absolute atomic E-state index is 0.401. The highest BCUT2D eigenvalue weighted by molar-refractivity contribution is 6.67. The van der Waals surface area contributed by atoms with Gasteiger partial charge in [-0.15, -0.1) is 0 Å². The van der Waals surface area contributed by atoms with Crippen molar-refractivity contribution < 1.29 is 23.1 Å². The minimum Gasteiger partial charge on any atom is -0.394 e. The fraction of sp³-hybridized carbons (Fsp3) is 1.00. The highest BCUT2D eigenvalue weighted by Gasteiger charge is 2.48. The largest absolute Gasteiger partial charge is 0.394 e. The maximum atomic E-state index is 6.69. The van der Waals surface area contributed by atoms with Crippen LogP contribution in [0.1, 0.15) is 53.9 Å². The number of hydrogen-bond donors (Lipinski definition) is 2. The Kier molecular flexibility index (Phi) is 14.9. The second-order valence-corrected chi connectivity index (χ2v) is 9.58. The molecule has 0 bridgehead atoms. The van der Waals surface area contributed by atoms with Crippen LogP contribution in [0.5, 0.6) is 0 Å². The van der Waals surface area contributed by atoms with Crippen LogP contribution in [-0.2, 0) is 23.1 Å². The molecule has 2 unspecified atom stereocenters. The summed E-state index contributed by atoms with van der Waals surface area (Å²) in [7, 11) is -2.46. The Hall–Kier alpha value is -0.0631. The van der Waals surface area contributed by atoms with Crippen LogP contribution in [0.2, 0.25) is 12.1 Å². The summed E-state index contributed by atoms with van der Waals surface area (Å²) in [4.78, 5) is 0. The summed E-state index contributed by atoms with van der Waals surface area (Å²) in [6.45, 7) is 13.1. The smallest absolute Gasteiger partial charge is 0.338 e. The lowest BCUT2D eigenvalue weighted by molar-refractivity contribution is -0.409. The Morgan fingerprint density at radius 2 is 1.35 bits per heavy atom. The van der Waals surface area contributed by atoms with Crippen LogP contribution in [0.15, 0.2) is 0 Å². The van der Waals surface area contributed by atoms with E-state index in [2.05, 4.69) is 6.92 Å². The van der Waals surface area contributed by atoms with Gasteiger partial charge in [0.05, 0.1) is 0 Å². The predicted molar refractivity (Wildman–Crippen MR) is 107 cm³/mol. The quantitative estimate of drug-likeness (QED) is 0.272. The average Bonchev–Trinajstić information content (AvgIpc) is 2.63. The summed E-state index contributed by atoms with van der Waals surface area (Å²) in [5.41, 5.74) is 11.5. The second kappa shape index (κ2) is 14.9. The molecule has 0 aromatic heterocycles. The Morgan fingerprint density at radius 3 is 1.73 bits per heavy atom. The maximum absolute atomic E-state index is 6.69. The van der Waals surface area contributed by atoms with Gasteiger partial charge in [0.2, 0.25) is 0 Å². The SMILES string of the molecule is CCOC(OCC)(OCC)C(CCCN)O[Si](CC)(CCCN)OCC. The molecule has 0 heterocycles. The first-order valence-electron chi connectivity index (χ1n) is 10.2. The van der Waals surface area contributed by atoms with Gasteiger partial charge in [0, 0.05) is 26.4 Å². The van der Waals surface area contributed by atoms with Gasteiger partial charge >= 0.3 is 14.5 Å². The monoisotopic (exact) mass is 394 g/mol. The minimum atomic E-state index is -2.46. The molecule has 0 saturated heterocycles. The zero-order valence-corrected chi connectivity index (χ0v) is 18.6. The van der Waals surface area contributed by atoms with E-state index in [4.69, 9.17) is 34.5 Å². The van der Waals surface area contributed by atoms with Gasteiger partial charge in [-0.25, -0.2) is 0 Å². The molecule has 4 N–H and O–H groups in total. The van der Waals surface area contributed by atoms with Gasteiger partial charge in [0.25, 0.3) is 0 Å². The first-order chi connectivity index (χ1) is 12.5. The van der Waals surface area contributed by atoms with Gasteiger partial charge in [0.1, 0.15) is 6.10 Å². The molecule has 0 saturated carbocycles. The van der Waals surface area contributed by atoms with E-state index < -0.39 is 20.6 Å². The van der Waals surface area contributed by atoms with Crippen LogP contribution in [0, 0.1) is 0 Å². The van der Waals surface area contributed by atoms with Gasteiger partial charge in [-0.2, -0.15) is 0 Å². The molecule has 2 atom stereocenters. The number of ether oxygens (including phenoxy) is 3. The molecule has 7 nitrogen and oxygen atoms in total. The molecule has 0 amide bonds. The summed E-state index contributed by atoms with van der Waals surface area (Å²) < 4.78 is 30.8.